The summed E-state index contributed by atoms with van der Waals surface area (Å²) in [5.41, 5.74) is 0.403. The Morgan fingerprint density at radius 1 is 1.57 bits per heavy atom. The zero-order chi connectivity index (χ0) is 10.6. The first-order valence-corrected chi connectivity index (χ1v) is 4.96. The predicted octanol–water partition coefficient (Wildman–Crippen LogP) is 3.30. The first-order valence-electron chi connectivity index (χ1n) is 3.70. The molecule has 0 heterocycles. The molecule has 0 aliphatic carbocycles. The molecule has 0 aliphatic rings. The van der Waals surface area contributed by atoms with Gasteiger partial charge in [0.2, 0.25) is 0 Å². The molecular formula is C9H7BrFNOS. The number of thiocarbonyl (C=S) groups is 1. The summed E-state index contributed by atoms with van der Waals surface area (Å²) in [5, 5.41) is 1.35. The minimum atomic E-state index is -0.460. The van der Waals surface area contributed by atoms with E-state index < -0.39 is 5.82 Å². The largest absolute Gasteiger partial charge is 0.492 e. The van der Waals surface area contributed by atoms with E-state index in [1.807, 2.05) is 0 Å². The molecule has 5 heteroatoms. The van der Waals surface area contributed by atoms with Crippen molar-refractivity contribution in [3.8, 4) is 5.75 Å². The maximum atomic E-state index is 13.3. The molecule has 0 fully saturated rings. The van der Waals surface area contributed by atoms with Gasteiger partial charge < -0.3 is 4.74 Å². The van der Waals surface area contributed by atoms with E-state index in [2.05, 4.69) is 33.1 Å². The Morgan fingerprint density at radius 3 is 2.86 bits per heavy atom. The van der Waals surface area contributed by atoms with Gasteiger partial charge in [-0.3, -0.25) is 4.99 Å². The quantitative estimate of drug-likeness (QED) is 0.624. The second-order valence-corrected chi connectivity index (χ2v) is 3.54. The van der Waals surface area contributed by atoms with Gasteiger partial charge in [0.05, 0.1) is 7.11 Å². The fourth-order valence-electron chi connectivity index (χ4n) is 0.955. The zero-order valence-electron chi connectivity index (χ0n) is 7.33. The van der Waals surface area contributed by atoms with E-state index in [9.17, 15) is 4.39 Å². The fraction of sp³-hybridized carbons (Fsp3) is 0.111. The number of ether oxygens (including phenoxy) is 1. The number of methoxy groups -OCH3 is 1. The number of rotatable bonds is 3. The van der Waals surface area contributed by atoms with Gasteiger partial charge in [-0.25, -0.2) is 4.39 Å². The molecule has 0 spiro atoms. The van der Waals surface area contributed by atoms with E-state index in [1.165, 1.54) is 24.8 Å². The van der Waals surface area contributed by atoms with Gasteiger partial charge in [-0.15, -0.1) is 0 Å². The van der Waals surface area contributed by atoms with Crippen molar-refractivity contribution >= 4 is 45.4 Å². The Bertz CT molecular complexity index is 381. The van der Waals surface area contributed by atoms with Crippen LogP contribution in [0.3, 0.4) is 0 Å². The lowest BCUT2D eigenvalue weighted by atomic mass is 10.3. The van der Waals surface area contributed by atoms with Gasteiger partial charge >= 0.3 is 0 Å². The number of hydrogen-bond donors (Lipinski definition) is 0. The summed E-state index contributed by atoms with van der Waals surface area (Å²) in [6.45, 7) is 0. The topological polar surface area (TPSA) is 21.6 Å². The third-order valence-electron chi connectivity index (χ3n) is 1.47. The minimum absolute atomic E-state index is 0.112. The van der Waals surface area contributed by atoms with Crippen LogP contribution in [0, 0.1) is 5.82 Å². The second kappa shape index (κ2) is 5.17. The zero-order valence-corrected chi connectivity index (χ0v) is 9.73. The Balaban J connectivity index is 3.24. The first kappa shape index (κ1) is 11.3. The average Bonchev–Trinajstić information content (AvgIpc) is 2.14. The summed E-state index contributed by atoms with van der Waals surface area (Å²) in [6, 6.07) is 2.96. The molecule has 0 aliphatic heterocycles. The SMILES string of the molecule is COc1c(F)cc(Br)cc1N=CC=S. The van der Waals surface area contributed by atoms with Crippen LogP contribution in [0.25, 0.3) is 0 Å². The first-order chi connectivity index (χ1) is 6.69. The number of aliphatic imine (C=N–C) groups is 1. The van der Waals surface area contributed by atoms with Gasteiger partial charge in [0.25, 0.3) is 0 Å². The van der Waals surface area contributed by atoms with E-state index >= 15 is 0 Å². The Labute approximate surface area is 94.9 Å². The van der Waals surface area contributed by atoms with Crippen molar-refractivity contribution in [3.05, 3.63) is 22.4 Å². The standard InChI is InChI=1S/C9H7BrFNOS/c1-13-9-7(11)4-6(10)5-8(9)12-2-3-14/h2-5H,1H3. The number of benzene rings is 1. The van der Waals surface area contributed by atoms with Crippen molar-refractivity contribution in [2.24, 2.45) is 4.99 Å². The van der Waals surface area contributed by atoms with E-state index in [0.29, 0.717) is 10.2 Å². The van der Waals surface area contributed by atoms with Crippen LogP contribution in [0.5, 0.6) is 5.75 Å². The number of halogens is 2. The maximum Gasteiger partial charge on any atom is 0.180 e. The minimum Gasteiger partial charge on any atom is -0.492 e. The number of hydrogen-bond acceptors (Lipinski definition) is 3. The summed E-state index contributed by atoms with van der Waals surface area (Å²) < 4.78 is 18.7. The van der Waals surface area contributed by atoms with Crippen LogP contribution in [-0.4, -0.2) is 18.7 Å². The van der Waals surface area contributed by atoms with Crippen LogP contribution < -0.4 is 4.74 Å². The molecule has 0 aromatic heterocycles. The molecular weight excluding hydrogens is 269 g/mol. The van der Waals surface area contributed by atoms with E-state index in [-0.39, 0.29) is 5.75 Å². The second-order valence-electron chi connectivity index (χ2n) is 2.35. The van der Waals surface area contributed by atoms with Crippen LogP contribution in [0.1, 0.15) is 0 Å². The highest BCUT2D eigenvalue weighted by atomic mass is 79.9. The lowest BCUT2D eigenvalue weighted by Crippen LogP contribution is -1.89. The highest BCUT2D eigenvalue weighted by Crippen LogP contribution is 2.33. The van der Waals surface area contributed by atoms with Crippen LogP contribution >= 0.6 is 28.1 Å². The van der Waals surface area contributed by atoms with Gasteiger partial charge in [0.1, 0.15) is 5.69 Å². The number of nitrogens with zero attached hydrogens (tertiary/aromatic N) is 1. The molecule has 1 aromatic rings. The molecule has 0 saturated heterocycles. The Kier molecular flexibility index (Phi) is 4.16. The van der Waals surface area contributed by atoms with E-state index in [0.717, 1.165) is 0 Å². The van der Waals surface area contributed by atoms with Crippen molar-refractivity contribution in [1.29, 1.82) is 0 Å². The smallest absolute Gasteiger partial charge is 0.180 e. The van der Waals surface area contributed by atoms with Crippen molar-refractivity contribution < 1.29 is 9.13 Å². The van der Waals surface area contributed by atoms with Crippen LogP contribution in [-0.2, 0) is 0 Å². The molecule has 2 nitrogen and oxygen atoms in total. The van der Waals surface area contributed by atoms with Gasteiger partial charge in [-0.1, -0.05) is 28.1 Å². The highest BCUT2D eigenvalue weighted by Gasteiger charge is 2.09. The highest BCUT2D eigenvalue weighted by molar-refractivity contribution is 9.10. The third-order valence-corrected chi connectivity index (χ3v) is 2.05. The van der Waals surface area contributed by atoms with Gasteiger partial charge in [0, 0.05) is 16.1 Å². The van der Waals surface area contributed by atoms with Crippen LogP contribution in [0.15, 0.2) is 21.6 Å². The van der Waals surface area contributed by atoms with E-state index in [1.54, 1.807) is 6.07 Å². The van der Waals surface area contributed by atoms with Gasteiger partial charge in [-0.05, 0) is 12.1 Å². The molecule has 0 radical (unpaired) electrons. The van der Waals surface area contributed by atoms with Crippen molar-refractivity contribution in [1.82, 2.24) is 0 Å². The molecule has 0 unspecified atom stereocenters. The molecule has 0 atom stereocenters. The summed E-state index contributed by atoms with van der Waals surface area (Å²) in [4.78, 5) is 3.94. The molecule has 0 bridgehead atoms. The molecule has 1 aromatic carbocycles. The van der Waals surface area contributed by atoms with Crippen LogP contribution in [0.4, 0.5) is 10.1 Å². The summed E-state index contributed by atoms with van der Waals surface area (Å²) >= 11 is 7.74. The van der Waals surface area contributed by atoms with Gasteiger partial charge in [-0.2, -0.15) is 0 Å². The molecule has 0 N–H and O–H groups in total. The Morgan fingerprint density at radius 2 is 2.29 bits per heavy atom. The molecule has 0 saturated carbocycles. The lowest BCUT2D eigenvalue weighted by Gasteiger charge is -2.05. The molecule has 1 rings (SSSR count). The Hall–Kier alpha value is -0.810. The van der Waals surface area contributed by atoms with Gasteiger partial charge in [0.15, 0.2) is 11.6 Å². The van der Waals surface area contributed by atoms with Crippen molar-refractivity contribution in [2.45, 2.75) is 0 Å². The lowest BCUT2D eigenvalue weighted by molar-refractivity contribution is 0.388. The predicted molar refractivity (Wildman–Crippen MR) is 62.5 cm³/mol. The maximum absolute atomic E-state index is 13.3. The van der Waals surface area contributed by atoms with E-state index in [4.69, 9.17) is 4.74 Å². The fourth-order valence-corrected chi connectivity index (χ4v) is 1.43. The van der Waals surface area contributed by atoms with Crippen LogP contribution in [0.2, 0.25) is 0 Å². The summed E-state index contributed by atoms with van der Waals surface area (Å²) in [5.74, 6) is -0.348. The van der Waals surface area contributed by atoms with Crippen molar-refractivity contribution in [3.63, 3.8) is 0 Å². The molecule has 0 amide bonds. The van der Waals surface area contributed by atoms with Crippen molar-refractivity contribution in [2.75, 3.05) is 7.11 Å². The summed E-state index contributed by atoms with van der Waals surface area (Å²) in [7, 11) is 1.39. The monoisotopic (exact) mass is 275 g/mol. The third kappa shape index (κ3) is 2.59. The molecule has 14 heavy (non-hydrogen) atoms. The summed E-state index contributed by atoms with van der Waals surface area (Å²) in [6.07, 6.45) is 1.40. The average molecular weight is 276 g/mol. The molecule has 74 valence electrons. The normalized spacial score (nSPS) is 10.5.